The largest absolute Gasteiger partial charge is 0.404 e. The number of ether oxygens (including phenoxy) is 1. The highest BCUT2D eigenvalue weighted by Gasteiger charge is 2.04. The maximum atomic E-state index is 5.35. The molecule has 12 heavy (non-hydrogen) atoms. The predicted molar refractivity (Wildman–Crippen MR) is 49.8 cm³/mol. The summed E-state index contributed by atoms with van der Waals surface area (Å²) >= 11 is 0. The zero-order valence-corrected chi connectivity index (χ0v) is 7.58. The van der Waals surface area contributed by atoms with Crippen LogP contribution in [0.2, 0.25) is 0 Å². The third-order valence-electron chi connectivity index (χ3n) is 1.41. The molecule has 0 spiro atoms. The van der Waals surface area contributed by atoms with E-state index < -0.39 is 0 Å². The monoisotopic (exact) mass is 171 g/mol. The second kappa shape index (κ2) is 5.49. The van der Waals surface area contributed by atoms with Gasteiger partial charge in [0.2, 0.25) is 0 Å². The van der Waals surface area contributed by atoms with Crippen molar-refractivity contribution in [2.24, 2.45) is 17.2 Å². The Kier molecular flexibility index (Phi) is 4.96. The Balaban J connectivity index is 4.27. The van der Waals surface area contributed by atoms with Gasteiger partial charge in [-0.2, -0.15) is 0 Å². The van der Waals surface area contributed by atoms with Crippen LogP contribution in [-0.4, -0.2) is 12.7 Å². The van der Waals surface area contributed by atoms with Crippen LogP contribution in [0.25, 0.3) is 0 Å². The van der Waals surface area contributed by atoms with Gasteiger partial charge in [-0.3, -0.25) is 0 Å². The minimum Gasteiger partial charge on any atom is -0.404 e. The molecule has 0 saturated carbocycles. The first kappa shape index (κ1) is 10.8. The molecule has 1 unspecified atom stereocenters. The molecule has 0 saturated heterocycles. The summed E-state index contributed by atoms with van der Waals surface area (Å²) in [6.07, 6.45) is 2.97. The van der Waals surface area contributed by atoms with E-state index in [1.165, 1.54) is 6.20 Å². The fourth-order valence-corrected chi connectivity index (χ4v) is 0.840. The molecule has 0 amide bonds. The fraction of sp³-hybridized carbons (Fsp3) is 0.500. The van der Waals surface area contributed by atoms with Crippen LogP contribution in [0.15, 0.2) is 23.7 Å². The Morgan fingerprint density at radius 1 is 1.50 bits per heavy atom. The van der Waals surface area contributed by atoms with Crippen LogP contribution in [-0.2, 0) is 4.74 Å². The van der Waals surface area contributed by atoms with Crippen molar-refractivity contribution in [2.45, 2.75) is 20.0 Å². The molecule has 0 aromatic rings. The average Bonchev–Trinajstić information content (AvgIpc) is 2.00. The molecule has 0 aromatic carbocycles. The van der Waals surface area contributed by atoms with Crippen LogP contribution >= 0.6 is 0 Å². The van der Waals surface area contributed by atoms with Crippen molar-refractivity contribution >= 4 is 0 Å². The van der Waals surface area contributed by atoms with Crippen LogP contribution in [0.1, 0.15) is 13.8 Å². The molecule has 0 rings (SSSR count). The van der Waals surface area contributed by atoms with Gasteiger partial charge in [0, 0.05) is 6.61 Å². The number of rotatable bonds is 4. The zero-order chi connectivity index (χ0) is 9.56. The molecule has 4 heteroatoms. The van der Waals surface area contributed by atoms with Gasteiger partial charge in [0.05, 0.1) is 11.9 Å². The van der Waals surface area contributed by atoms with Crippen LogP contribution in [0.5, 0.6) is 0 Å². The quantitative estimate of drug-likeness (QED) is 0.520. The molecule has 0 aliphatic carbocycles. The van der Waals surface area contributed by atoms with Gasteiger partial charge in [-0.25, -0.2) is 0 Å². The summed E-state index contributed by atoms with van der Waals surface area (Å²) in [5, 5.41) is 0. The summed E-state index contributed by atoms with van der Waals surface area (Å²) in [6, 6.07) is 0. The molecule has 0 aliphatic heterocycles. The van der Waals surface area contributed by atoms with E-state index in [2.05, 4.69) is 0 Å². The lowest BCUT2D eigenvalue weighted by molar-refractivity contribution is 0.103. The van der Waals surface area contributed by atoms with Crippen molar-refractivity contribution < 1.29 is 4.74 Å². The lowest BCUT2D eigenvalue weighted by Gasteiger charge is -2.12. The third-order valence-corrected chi connectivity index (χ3v) is 1.41. The normalized spacial score (nSPS) is 14.0. The highest BCUT2D eigenvalue weighted by atomic mass is 16.5. The maximum Gasteiger partial charge on any atom is 0.0937 e. The summed E-state index contributed by atoms with van der Waals surface area (Å²) in [4.78, 5) is 0. The van der Waals surface area contributed by atoms with Crippen molar-refractivity contribution in [2.75, 3.05) is 6.61 Å². The smallest absolute Gasteiger partial charge is 0.0937 e. The van der Waals surface area contributed by atoms with E-state index in [1.54, 1.807) is 6.08 Å². The molecule has 0 fully saturated rings. The SMILES string of the molecule is CCOC(C)C(C=C(N)N)=CN. The van der Waals surface area contributed by atoms with Gasteiger partial charge in [0.15, 0.2) is 0 Å². The van der Waals surface area contributed by atoms with E-state index in [9.17, 15) is 0 Å². The number of hydrogen-bond acceptors (Lipinski definition) is 4. The Labute approximate surface area is 73.0 Å². The first-order valence-electron chi connectivity index (χ1n) is 3.87. The topological polar surface area (TPSA) is 87.3 Å². The lowest BCUT2D eigenvalue weighted by atomic mass is 10.1. The third kappa shape index (κ3) is 3.88. The van der Waals surface area contributed by atoms with Gasteiger partial charge >= 0.3 is 0 Å². The molecule has 70 valence electrons. The van der Waals surface area contributed by atoms with Gasteiger partial charge in [-0.15, -0.1) is 0 Å². The van der Waals surface area contributed by atoms with Crippen molar-refractivity contribution in [1.82, 2.24) is 0 Å². The summed E-state index contributed by atoms with van der Waals surface area (Å²) in [5.41, 5.74) is 16.7. The maximum absolute atomic E-state index is 5.35. The molecular weight excluding hydrogens is 154 g/mol. The summed E-state index contributed by atoms with van der Waals surface area (Å²) < 4.78 is 5.29. The molecular formula is C8H17N3O. The summed E-state index contributed by atoms with van der Waals surface area (Å²) in [7, 11) is 0. The van der Waals surface area contributed by atoms with E-state index in [0.29, 0.717) is 6.61 Å². The highest BCUT2D eigenvalue weighted by Crippen LogP contribution is 2.06. The Bertz CT molecular complexity index is 183. The van der Waals surface area contributed by atoms with Crippen molar-refractivity contribution in [3.63, 3.8) is 0 Å². The van der Waals surface area contributed by atoms with E-state index >= 15 is 0 Å². The number of hydrogen-bond donors (Lipinski definition) is 3. The molecule has 0 aliphatic rings. The van der Waals surface area contributed by atoms with E-state index in [0.717, 1.165) is 5.57 Å². The molecule has 0 heterocycles. The first-order chi connectivity index (χ1) is 5.61. The molecule has 6 N–H and O–H groups in total. The minimum absolute atomic E-state index is 0.0675. The minimum atomic E-state index is -0.0675. The fourth-order valence-electron chi connectivity index (χ4n) is 0.840. The average molecular weight is 171 g/mol. The molecule has 0 bridgehead atoms. The van der Waals surface area contributed by atoms with Crippen molar-refractivity contribution in [3.8, 4) is 0 Å². The molecule has 4 nitrogen and oxygen atoms in total. The summed E-state index contributed by atoms with van der Waals surface area (Å²) in [6.45, 7) is 4.44. The van der Waals surface area contributed by atoms with Crippen LogP contribution in [0.4, 0.5) is 0 Å². The lowest BCUT2D eigenvalue weighted by Crippen LogP contribution is -2.15. The first-order valence-corrected chi connectivity index (χ1v) is 3.87. The van der Waals surface area contributed by atoms with E-state index in [4.69, 9.17) is 21.9 Å². The summed E-state index contributed by atoms with van der Waals surface area (Å²) in [5.74, 6) is 0.234. The van der Waals surface area contributed by atoms with Gasteiger partial charge in [-0.1, -0.05) is 0 Å². The molecule has 0 radical (unpaired) electrons. The Morgan fingerprint density at radius 3 is 2.42 bits per heavy atom. The van der Waals surface area contributed by atoms with Crippen molar-refractivity contribution in [3.05, 3.63) is 23.7 Å². The molecule has 0 aromatic heterocycles. The van der Waals surface area contributed by atoms with Crippen LogP contribution in [0, 0.1) is 0 Å². The van der Waals surface area contributed by atoms with Crippen LogP contribution in [0.3, 0.4) is 0 Å². The van der Waals surface area contributed by atoms with Crippen molar-refractivity contribution in [1.29, 1.82) is 0 Å². The zero-order valence-electron chi connectivity index (χ0n) is 7.58. The Morgan fingerprint density at radius 2 is 2.08 bits per heavy atom. The second-order valence-electron chi connectivity index (χ2n) is 2.41. The van der Waals surface area contributed by atoms with Gasteiger partial charge in [0.25, 0.3) is 0 Å². The van der Waals surface area contributed by atoms with Gasteiger partial charge in [-0.05, 0) is 31.7 Å². The Hall–Kier alpha value is -1.16. The van der Waals surface area contributed by atoms with Gasteiger partial charge in [0.1, 0.15) is 0 Å². The van der Waals surface area contributed by atoms with E-state index in [-0.39, 0.29) is 11.9 Å². The molecule has 1 atom stereocenters. The van der Waals surface area contributed by atoms with E-state index in [1.807, 2.05) is 13.8 Å². The highest BCUT2D eigenvalue weighted by molar-refractivity contribution is 5.23. The number of nitrogens with two attached hydrogens (primary N) is 3. The van der Waals surface area contributed by atoms with Gasteiger partial charge < -0.3 is 21.9 Å². The standard InChI is InChI=1S/C8H17N3O/c1-3-12-6(2)7(5-9)4-8(10)11/h4-6H,3,9-11H2,1-2H3. The van der Waals surface area contributed by atoms with Crippen LogP contribution < -0.4 is 17.2 Å². The predicted octanol–water partition coefficient (Wildman–Crippen LogP) is 0.0128. The second-order valence-corrected chi connectivity index (χ2v) is 2.41.